The molecule has 1 atom stereocenters. The lowest BCUT2D eigenvalue weighted by Gasteiger charge is -2.23. The fourth-order valence-corrected chi connectivity index (χ4v) is 1.69. The van der Waals surface area contributed by atoms with Crippen LogP contribution in [0.25, 0.3) is 0 Å². The van der Waals surface area contributed by atoms with Crippen LogP contribution >= 0.6 is 0 Å². The number of benzene rings is 1. The zero-order valence-electron chi connectivity index (χ0n) is 9.90. The number of rotatable bonds is 4. The number of aliphatic hydroxyl groups excluding tert-OH is 1. The van der Waals surface area contributed by atoms with Crippen molar-refractivity contribution in [1.29, 1.82) is 0 Å². The number of methoxy groups -OCH3 is 1. The number of aliphatic hydroxyl groups is 1. The lowest BCUT2D eigenvalue weighted by atomic mass is 10.1. The van der Waals surface area contributed by atoms with E-state index in [-0.39, 0.29) is 0 Å². The molecule has 0 spiro atoms. The maximum atomic E-state index is 9.78. The third-order valence-electron chi connectivity index (χ3n) is 2.42. The molecule has 3 heteroatoms. The Morgan fingerprint density at radius 2 is 2.25 bits per heavy atom. The fourth-order valence-electron chi connectivity index (χ4n) is 1.69. The van der Waals surface area contributed by atoms with Crippen LogP contribution in [-0.2, 0) is 0 Å². The van der Waals surface area contributed by atoms with Gasteiger partial charge in [0.15, 0.2) is 0 Å². The minimum absolute atomic E-state index is 0.493. The third-order valence-corrected chi connectivity index (χ3v) is 2.42. The van der Waals surface area contributed by atoms with Crippen molar-refractivity contribution in [1.82, 2.24) is 0 Å². The Morgan fingerprint density at radius 3 is 2.75 bits per heavy atom. The zero-order chi connectivity index (χ0) is 12.1. The number of nitrogens with zero attached hydrogens (tertiary/aromatic N) is 1. The van der Waals surface area contributed by atoms with Gasteiger partial charge < -0.3 is 14.7 Å². The molecule has 16 heavy (non-hydrogen) atoms. The number of anilines is 1. The van der Waals surface area contributed by atoms with Crippen LogP contribution in [0.4, 0.5) is 5.69 Å². The summed E-state index contributed by atoms with van der Waals surface area (Å²) < 4.78 is 5.24. The molecule has 1 aromatic rings. The van der Waals surface area contributed by atoms with Crippen LogP contribution in [0, 0.1) is 12.3 Å². The molecule has 0 aliphatic heterocycles. The molecule has 3 nitrogen and oxygen atoms in total. The first-order valence-corrected chi connectivity index (χ1v) is 5.11. The molecule has 1 unspecified atom stereocenters. The van der Waals surface area contributed by atoms with Gasteiger partial charge in [0, 0.05) is 18.3 Å². The number of hydrogen-bond donors (Lipinski definition) is 1. The SMILES string of the molecule is C#CCN(C)c1cccc(OC)c1C(C)O. The van der Waals surface area contributed by atoms with Crippen LogP contribution < -0.4 is 9.64 Å². The van der Waals surface area contributed by atoms with E-state index >= 15 is 0 Å². The van der Waals surface area contributed by atoms with Gasteiger partial charge in [-0.1, -0.05) is 12.0 Å². The molecule has 0 heterocycles. The number of hydrogen-bond acceptors (Lipinski definition) is 3. The highest BCUT2D eigenvalue weighted by molar-refractivity contribution is 5.60. The van der Waals surface area contributed by atoms with Crippen LogP contribution in [-0.4, -0.2) is 25.8 Å². The summed E-state index contributed by atoms with van der Waals surface area (Å²) in [6, 6.07) is 5.63. The zero-order valence-corrected chi connectivity index (χ0v) is 9.90. The van der Waals surface area contributed by atoms with Gasteiger partial charge in [0.05, 0.1) is 19.8 Å². The quantitative estimate of drug-likeness (QED) is 0.784. The average molecular weight is 219 g/mol. The molecule has 1 rings (SSSR count). The molecule has 0 saturated heterocycles. The Morgan fingerprint density at radius 1 is 1.56 bits per heavy atom. The van der Waals surface area contributed by atoms with Crippen molar-refractivity contribution in [3.63, 3.8) is 0 Å². The molecule has 1 aromatic carbocycles. The van der Waals surface area contributed by atoms with Gasteiger partial charge in [-0.15, -0.1) is 6.42 Å². The van der Waals surface area contributed by atoms with Crippen LogP contribution in [0.15, 0.2) is 18.2 Å². The van der Waals surface area contributed by atoms with Crippen molar-refractivity contribution in [2.24, 2.45) is 0 Å². The van der Waals surface area contributed by atoms with Crippen LogP contribution in [0.2, 0.25) is 0 Å². The highest BCUT2D eigenvalue weighted by Gasteiger charge is 2.16. The molecule has 0 bridgehead atoms. The Balaban J connectivity index is 3.22. The van der Waals surface area contributed by atoms with Gasteiger partial charge in [-0.05, 0) is 19.1 Å². The van der Waals surface area contributed by atoms with Crippen molar-refractivity contribution < 1.29 is 9.84 Å². The van der Waals surface area contributed by atoms with E-state index in [9.17, 15) is 5.11 Å². The third kappa shape index (κ3) is 2.47. The van der Waals surface area contributed by atoms with Gasteiger partial charge in [-0.2, -0.15) is 0 Å². The highest BCUT2D eigenvalue weighted by Crippen LogP contribution is 2.33. The molecule has 0 fully saturated rings. The van der Waals surface area contributed by atoms with Crippen LogP contribution in [0.1, 0.15) is 18.6 Å². The van der Waals surface area contributed by atoms with Crippen molar-refractivity contribution in [2.75, 3.05) is 25.6 Å². The minimum atomic E-state index is -0.591. The minimum Gasteiger partial charge on any atom is -0.496 e. The molecule has 0 radical (unpaired) electrons. The maximum absolute atomic E-state index is 9.78. The summed E-state index contributed by atoms with van der Waals surface area (Å²) in [5.41, 5.74) is 1.66. The summed E-state index contributed by atoms with van der Waals surface area (Å²) in [6.45, 7) is 2.21. The van der Waals surface area contributed by atoms with E-state index in [0.29, 0.717) is 12.3 Å². The molecule has 0 aliphatic rings. The Hall–Kier alpha value is -1.66. The van der Waals surface area contributed by atoms with Crippen molar-refractivity contribution >= 4 is 5.69 Å². The van der Waals surface area contributed by atoms with E-state index < -0.39 is 6.10 Å². The first-order chi connectivity index (χ1) is 7.61. The number of terminal acetylenes is 1. The topological polar surface area (TPSA) is 32.7 Å². The Kier molecular flexibility index (Phi) is 4.21. The molecule has 0 aliphatic carbocycles. The molecule has 0 saturated carbocycles. The van der Waals surface area contributed by atoms with Gasteiger partial charge in [-0.25, -0.2) is 0 Å². The maximum Gasteiger partial charge on any atom is 0.126 e. The summed E-state index contributed by atoms with van der Waals surface area (Å²) in [4.78, 5) is 1.91. The summed E-state index contributed by atoms with van der Waals surface area (Å²) in [6.07, 6.45) is 4.69. The Labute approximate surface area is 96.7 Å². The molecular weight excluding hydrogens is 202 g/mol. The van der Waals surface area contributed by atoms with E-state index in [1.807, 2.05) is 30.1 Å². The van der Waals surface area contributed by atoms with Crippen LogP contribution in [0.5, 0.6) is 5.75 Å². The van der Waals surface area contributed by atoms with Gasteiger partial charge in [0.1, 0.15) is 5.75 Å². The smallest absolute Gasteiger partial charge is 0.126 e. The Bertz CT molecular complexity index is 393. The lowest BCUT2D eigenvalue weighted by molar-refractivity contribution is 0.194. The summed E-state index contributed by atoms with van der Waals surface area (Å²) in [5.74, 6) is 3.25. The summed E-state index contributed by atoms with van der Waals surface area (Å²) in [7, 11) is 3.48. The average Bonchev–Trinajstić information content (AvgIpc) is 2.28. The second-order valence-electron chi connectivity index (χ2n) is 3.63. The van der Waals surface area contributed by atoms with E-state index in [0.717, 1.165) is 11.3 Å². The van der Waals surface area contributed by atoms with E-state index in [4.69, 9.17) is 11.2 Å². The monoisotopic (exact) mass is 219 g/mol. The first-order valence-electron chi connectivity index (χ1n) is 5.11. The predicted molar refractivity (Wildman–Crippen MR) is 65.7 cm³/mol. The number of ether oxygens (including phenoxy) is 1. The van der Waals surface area contributed by atoms with Gasteiger partial charge in [0.25, 0.3) is 0 Å². The van der Waals surface area contributed by atoms with Gasteiger partial charge >= 0.3 is 0 Å². The van der Waals surface area contributed by atoms with Crippen molar-refractivity contribution in [3.8, 4) is 18.1 Å². The standard InChI is InChI=1S/C13H17NO2/c1-5-9-14(3)11-7-6-8-12(16-4)13(11)10(2)15/h1,6-8,10,15H,9H2,2-4H3. The first kappa shape index (κ1) is 12.4. The predicted octanol–water partition coefficient (Wildman–Crippen LogP) is 1.82. The molecule has 86 valence electrons. The molecule has 1 N–H and O–H groups in total. The summed E-state index contributed by atoms with van der Waals surface area (Å²) >= 11 is 0. The second kappa shape index (κ2) is 5.43. The van der Waals surface area contributed by atoms with Crippen molar-refractivity contribution in [3.05, 3.63) is 23.8 Å². The largest absolute Gasteiger partial charge is 0.496 e. The second-order valence-corrected chi connectivity index (χ2v) is 3.63. The van der Waals surface area contributed by atoms with E-state index in [2.05, 4.69) is 5.92 Å². The van der Waals surface area contributed by atoms with E-state index in [1.165, 1.54) is 0 Å². The molecule has 0 amide bonds. The molecular formula is C13H17NO2. The lowest BCUT2D eigenvalue weighted by Crippen LogP contribution is -2.19. The van der Waals surface area contributed by atoms with Crippen molar-refractivity contribution in [2.45, 2.75) is 13.0 Å². The highest BCUT2D eigenvalue weighted by atomic mass is 16.5. The fraction of sp³-hybridized carbons (Fsp3) is 0.385. The van der Waals surface area contributed by atoms with Gasteiger partial charge in [0.2, 0.25) is 0 Å². The molecule has 0 aromatic heterocycles. The normalized spacial score (nSPS) is 11.7. The summed E-state index contributed by atoms with van der Waals surface area (Å²) in [5, 5.41) is 9.78. The van der Waals surface area contributed by atoms with Crippen LogP contribution in [0.3, 0.4) is 0 Å². The van der Waals surface area contributed by atoms with E-state index in [1.54, 1.807) is 14.0 Å². The van der Waals surface area contributed by atoms with Gasteiger partial charge in [-0.3, -0.25) is 0 Å².